The topological polar surface area (TPSA) is 64.7 Å². The van der Waals surface area contributed by atoms with E-state index in [1.54, 1.807) is 23.9 Å². The first kappa shape index (κ1) is 23.3. The standard InChI is InChI=1S/C23H27ClN4O2S/c1-2-15-31-21-10-6-5-9-20(21)26-23(30)17-28-13-11-27(12-14-28)16-22(29)25-19-8-4-3-7-18(19)24/h2-10H,1,11-17H2,(H,25,29)(H,26,30). The number of benzene rings is 2. The number of nitrogens with one attached hydrogen (secondary N) is 2. The number of halogens is 1. The van der Waals surface area contributed by atoms with Crippen molar-refractivity contribution in [1.82, 2.24) is 9.80 Å². The van der Waals surface area contributed by atoms with Crippen molar-refractivity contribution < 1.29 is 9.59 Å². The van der Waals surface area contributed by atoms with Gasteiger partial charge in [0.2, 0.25) is 11.8 Å². The van der Waals surface area contributed by atoms with Gasteiger partial charge in [0.25, 0.3) is 0 Å². The van der Waals surface area contributed by atoms with Crippen LogP contribution in [-0.2, 0) is 9.59 Å². The molecule has 8 heteroatoms. The number of amides is 2. The molecule has 2 aromatic rings. The normalized spacial score (nSPS) is 14.7. The van der Waals surface area contributed by atoms with Crippen LogP contribution in [0, 0.1) is 0 Å². The maximum absolute atomic E-state index is 12.5. The summed E-state index contributed by atoms with van der Waals surface area (Å²) in [5.74, 6) is 0.670. The molecule has 0 unspecified atom stereocenters. The van der Waals surface area contributed by atoms with Gasteiger partial charge in [0.1, 0.15) is 0 Å². The highest BCUT2D eigenvalue weighted by molar-refractivity contribution is 7.99. The van der Waals surface area contributed by atoms with Crippen LogP contribution in [0.4, 0.5) is 11.4 Å². The van der Waals surface area contributed by atoms with Gasteiger partial charge in [0.05, 0.1) is 29.5 Å². The third-order valence-corrected chi connectivity index (χ3v) is 6.26. The first-order valence-electron chi connectivity index (χ1n) is 10.2. The smallest absolute Gasteiger partial charge is 0.238 e. The van der Waals surface area contributed by atoms with Crippen molar-refractivity contribution in [3.63, 3.8) is 0 Å². The average Bonchev–Trinajstić information content (AvgIpc) is 2.76. The Balaban J connectivity index is 1.42. The van der Waals surface area contributed by atoms with E-state index in [1.807, 2.05) is 42.5 Å². The summed E-state index contributed by atoms with van der Waals surface area (Å²) in [6.45, 7) is 7.31. The quantitative estimate of drug-likeness (QED) is 0.442. The molecular formula is C23H27ClN4O2S. The van der Waals surface area contributed by atoms with E-state index in [-0.39, 0.29) is 11.8 Å². The number of carbonyl (C=O) groups is 2. The van der Waals surface area contributed by atoms with Crippen LogP contribution in [0.1, 0.15) is 0 Å². The van der Waals surface area contributed by atoms with Crippen LogP contribution in [0.3, 0.4) is 0 Å². The van der Waals surface area contributed by atoms with Crippen molar-refractivity contribution in [3.8, 4) is 0 Å². The van der Waals surface area contributed by atoms with E-state index in [4.69, 9.17) is 11.6 Å². The lowest BCUT2D eigenvalue weighted by molar-refractivity contribution is -0.120. The monoisotopic (exact) mass is 458 g/mol. The molecule has 31 heavy (non-hydrogen) atoms. The molecule has 1 fully saturated rings. The van der Waals surface area contributed by atoms with Crippen molar-refractivity contribution in [1.29, 1.82) is 0 Å². The van der Waals surface area contributed by atoms with Gasteiger partial charge in [-0.05, 0) is 24.3 Å². The Kier molecular flexibility index (Phi) is 8.97. The number of piperazine rings is 1. The van der Waals surface area contributed by atoms with Crippen LogP contribution in [0.2, 0.25) is 5.02 Å². The van der Waals surface area contributed by atoms with Crippen molar-refractivity contribution in [2.45, 2.75) is 4.90 Å². The van der Waals surface area contributed by atoms with Gasteiger partial charge in [-0.25, -0.2) is 0 Å². The van der Waals surface area contributed by atoms with E-state index < -0.39 is 0 Å². The summed E-state index contributed by atoms with van der Waals surface area (Å²) in [7, 11) is 0. The molecule has 164 valence electrons. The highest BCUT2D eigenvalue weighted by atomic mass is 35.5. The minimum Gasteiger partial charge on any atom is -0.324 e. The summed E-state index contributed by atoms with van der Waals surface area (Å²) in [5, 5.41) is 6.39. The van der Waals surface area contributed by atoms with Crippen molar-refractivity contribution in [2.75, 3.05) is 55.7 Å². The number of anilines is 2. The Morgan fingerprint density at radius 1 is 0.903 bits per heavy atom. The fourth-order valence-corrected chi connectivity index (χ4v) is 4.23. The maximum atomic E-state index is 12.5. The first-order valence-corrected chi connectivity index (χ1v) is 11.5. The zero-order valence-corrected chi connectivity index (χ0v) is 18.9. The predicted molar refractivity (Wildman–Crippen MR) is 129 cm³/mol. The molecule has 0 atom stereocenters. The molecule has 0 spiro atoms. The summed E-state index contributed by atoms with van der Waals surface area (Å²) in [6.07, 6.45) is 1.84. The van der Waals surface area contributed by atoms with Gasteiger partial charge < -0.3 is 10.6 Å². The number of hydrogen-bond acceptors (Lipinski definition) is 5. The van der Waals surface area contributed by atoms with E-state index in [2.05, 4.69) is 27.0 Å². The number of para-hydroxylation sites is 2. The van der Waals surface area contributed by atoms with Gasteiger partial charge in [-0.1, -0.05) is 41.9 Å². The zero-order valence-electron chi connectivity index (χ0n) is 17.4. The van der Waals surface area contributed by atoms with E-state index in [0.29, 0.717) is 23.8 Å². The molecule has 3 rings (SSSR count). The number of rotatable bonds is 9. The predicted octanol–water partition coefficient (Wildman–Crippen LogP) is 3.81. The van der Waals surface area contributed by atoms with Gasteiger partial charge in [-0.15, -0.1) is 18.3 Å². The Morgan fingerprint density at radius 3 is 2.00 bits per heavy atom. The minimum absolute atomic E-state index is 0.0310. The van der Waals surface area contributed by atoms with Gasteiger partial charge in [0.15, 0.2) is 0 Å². The Labute approximate surface area is 192 Å². The van der Waals surface area contributed by atoms with Gasteiger partial charge in [0, 0.05) is 36.8 Å². The summed E-state index contributed by atoms with van der Waals surface area (Å²) < 4.78 is 0. The van der Waals surface area contributed by atoms with Crippen molar-refractivity contribution in [2.24, 2.45) is 0 Å². The molecule has 1 aliphatic heterocycles. The zero-order chi connectivity index (χ0) is 22.1. The number of hydrogen-bond donors (Lipinski definition) is 2. The number of carbonyl (C=O) groups excluding carboxylic acids is 2. The largest absolute Gasteiger partial charge is 0.324 e. The molecule has 0 saturated carbocycles. The highest BCUT2D eigenvalue weighted by Crippen LogP contribution is 2.27. The average molecular weight is 459 g/mol. The molecule has 2 N–H and O–H groups in total. The van der Waals surface area contributed by atoms with Crippen LogP contribution >= 0.6 is 23.4 Å². The molecule has 6 nitrogen and oxygen atoms in total. The summed E-state index contributed by atoms with van der Waals surface area (Å²) in [6, 6.07) is 15.0. The van der Waals surface area contributed by atoms with E-state index in [1.165, 1.54) is 0 Å². The second-order valence-corrected chi connectivity index (χ2v) is 8.69. The molecule has 2 amide bonds. The van der Waals surface area contributed by atoms with Crippen LogP contribution in [0.5, 0.6) is 0 Å². The van der Waals surface area contributed by atoms with E-state index >= 15 is 0 Å². The van der Waals surface area contributed by atoms with Crippen molar-refractivity contribution in [3.05, 3.63) is 66.2 Å². The SMILES string of the molecule is C=CCSc1ccccc1NC(=O)CN1CCN(CC(=O)Nc2ccccc2Cl)CC1. The lowest BCUT2D eigenvalue weighted by atomic mass is 10.2. The minimum atomic E-state index is -0.0899. The summed E-state index contributed by atoms with van der Waals surface area (Å²) in [5.41, 5.74) is 1.45. The second kappa shape index (κ2) is 11.9. The second-order valence-electron chi connectivity index (χ2n) is 7.22. The molecule has 0 bridgehead atoms. The molecule has 1 aliphatic rings. The molecule has 2 aromatic carbocycles. The lowest BCUT2D eigenvalue weighted by Crippen LogP contribution is -2.50. The lowest BCUT2D eigenvalue weighted by Gasteiger charge is -2.33. The number of nitrogens with zero attached hydrogens (tertiary/aromatic N) is 2. The van der Waals surface area contributed by atoms with E-state index in [0.717, 1.165) is 42.5 Å². The molecule has 1 heterocycles. The fourth-order valence-electron chi connectivity index (χ4n) is 3.30. The Morgan fingerprint density at radius 2 is 1.42 bits per heavy atom. The molecule has 0 aromatic heterocycles. The van der Waals surface area contributed by atoms with E-state index in [9.17, 15) is 9.59 Å². The molecule has 0 aliphatic carbocycles. The third-order valence-electron chi connectivity index (χ3n) is 4.87. The van der Waals surface area contributed by atoms with Gasteiger partial charge in [-0.3, -0.25) is 19.4 Å². The maximum Gasteiger partial charge on any atom is 0.238 e. The fraction of sp³-hybridized carbons (Fsp3) is 0.304. The third kappa shape index (κ3) is 7.40. The molecule has 1 saturated heterocycles. The molecule has 0 radical (unpaired) electrons. The number of thioether (sulfide) groups is 1. The molecular weight excluding hydrogens is 432 g/mol. The Hall–Kier alpha value is -2.32. The van der Waals surface area contributed by atoms with Crippen LogP contribution in [-0.4, -0.2) is 66.6 Å². The van der Waals surface area contributed by atoms with Gasteiger partial charge >= 0.3 is 0 Å². The van der Waals surface area contributed by atoms with Crippen LogP contribution in [0.25, 0.3) is 0 Å². The van der Waals surface area contributed by atoms with Crippen molar-refractivity contribution >= 4 is 46.6 Å². The van der Waals surface area contributed by atoms with Crippen LogP contribution in [0.15, 0.2) is 66.1 Å². The van der Waals surface area contributed by atoms with Gasteiger partial charge in [-0.2, -0.15) is 0 Å². The first-order chi connectivity index (χ1) is 15.0. The van der Waals surface area contributed by atoms with Crippen LogP contribution < -0.4 is 10.6 Å². The summed E-state index contributed by atoms with van der Waals surface area (Å²) in [4.78, 5) is 30.1. The Bertz CT molecular complexity index is 916. The summed E-state index contributed by atoms with van der Waals surface area (Å²) >= 11 is 7.74. The highest BCUT2D eigenvalue weighted by Gasteiger charge is 2.21.